The van der Waals surface area contributed by atoms with E-state index >= 15 is 0 Å². The number of piperazine rings is 1. The molecule has 1 saturated heterocycles. The van der Waals surface area contributed by atoms with Gasteiger partial charge in [0.2, 0.25) is 0 Å². The zero-order valence-corrected chi connectivity index (χ0v) is 10.8. The summed E-state index contributed by atoms with van der Waals surface area (Å²) in [6.07, 6.45) is 1.08. The molecule has 1 aromatic rings. The Morgan fingerprint density at radius 3 is 2.88 bits per heavy atom. The third-order valence-electron chi connectivity index (χ3n) is 3.62. The zero-order valence-electron chi connectivity index (χ0n) is 10.8. The lowest BCUT2D eigenvalue weighted by molar-refractivity contribution is 0.393. The van der Waals surface area contributed by atoms with Crippen LogP contribution in [0, 0.1) is 12.7 Å². The van der Waals surface area contributed by atoms with Crippen molar-refractivity contribution in [3.8, 4) is 0 Å². The average Bonchev–Trinajstić information content (AvgIpc) is 2.31. The zero-order chi connectivity index (χ0) is 12.4. The summed E-state index contributed by atoms with van der Waals surface area (Å²) < 4.78 is 14.0. The van der Waals surface area contributed by atoms with Gasteiger partial charge >= 0.3 is 0 Å². The number of aryl methyl sites for hydroxylation is 1. The first-order valence-corrected chi connectivity index (χ1v) is 6.38. The number of rotatable bonds is 2. The fourth-order valence-electron chi connectivity index (χ4n) is 2.50. The Labute approximate surface area is 103 Å². The van der Waals surface area contributed by atoms with Crippen LogP contribution in [0.4, 0.5) is 10.1 Å². The molecule has 1 aliphatic rings. The molecule has 2 rings (SSSR count). The van der Waals surface area contributed by atoms with Gasteiger partial charge in [-0.25, -0.2) is 4.39 Å². The number of benzene rings is 1. The number of para-hydroxylation sites is 1. The minimum absolute atomic E-state index is 0.103. The summed E-state index contributed by atoms with van der Waals surface area (Å²) in [5.74, 6) is -0.103. The summed E-state index contributed by atoms with van der Waals surface area (Å²) in [5, 5.41) is 3.49. The second kappa shape index (κ2) is 5.05. The summed E-state index contributed by atoms with van der Waals surface area (Å²) in [5.41, 5.74) is 1.80. The molecule has 1 aliphatic heterocycles. The molecule has 17 heavy (non-hydrogen) atoms. The van der Waals surface area contributed by atoms with Crippen molar-refractivity contribution >= 4 is 5.69 Å². The van der Waals surface area contributed by atoms with Crippen LogP contribution in [0.25, 0.3) is 0 Å². The standard InChI is InChI=1S/C14H21FN2/c1-4-12-9-17(11(3)8-16-12)14-10(2)6-5-7-13(14)15/h5-7,11-12,16H,4,8-9H2,1-3H3. The van der Waals surface area contributed by atoms with Crippen LogP contribution in [0.3, 0.4) is 0 Å². The first kappa shape index (κ1) is 12.4. The van der Waals surface area contributed by atoms with E-state index in [1.807, 2.05) is 13.0 Å². The van der Waals surface area contributed by atoms with E-state index in [0.717, 1.165) is 30.8 Å². The Hall–Kier alpha value is -1.09. The summed E-state index contributed by atoms with van der Waals surface area (Å²) in [7, 11) is 0. The molecule has 3 heteroatoms. The molecule has 0 aliphatic carbocycles. The molecule has 1 heterocycles. The van der Waals surface area contributed by atoms with Crippen LogP contribution in [0.5, 0.6) is 0 Å². The quantitative estimate of drug-likeness (QED) is 0.849. The number of anilines is 1. The van der Waals surface area contributed by atoms with Crippen LogP contribution < -0.4 is 10.2 Å². The minimum Gasteiger partial charge on any atom is -0.363 e. The van der Waals surface area contributed by atoms with Gasteiger partial charge in [-0.2, -0.15) is 0 Å². The molecule has 1 N–H and O–H groups in total. The molecule has 2 nitrogen and oxygen atoms in total. The number of nitrogens with one attached hydrogen (secondary N) is 1. The first-order chi connectivity index (χ1) is 8.13. The fourth-order valence-corrected chi connectivity index (χ4v) is 2.50. The lowest BCUT2D eigenvalue weighted by Crippen LogP contribution is -2.55. The maximum Gasteiger partial charge on any atom is 0.146 e. The molecule has 1 aromatic carbocycles. The van der Waals surface area contributed by atoms with Crippen molar-refractivity contribution in [3.63, 3.8) is 0 Å². The van der Waals surface area contributed by atoms with E-state index in [-0.39, 0.29) is 5.82 Å². The van der Waals surface area contributed by atoms with Crippen molar-refractivity contribution in [1.29, 1.82) is 0 Å². The number of halogens is 1. The fraction of sp³-hybridized carbons (Fsp3) is 0.571. The normalized spacial score (nSPS) is 25.1. The molecule has 94 valence electrons. The van der Waals surface area contributed by atoms with Gasteiger partial charge in [0.05, 0.1) is 5.69 Å². The Balaban J connectivity index is 2.30. The third-order valence-corrected chi connectivity index (χ3v) is 3.62. The summed E-state index contributed by atoms with van der Waals surface area (Å²) in [6.45, 7) is 8.10. The van der Waals surface area contributed by atoms with Crippen molar-refractivity contribution in [2.45, 2.75) is 39.3 Å². The van der Waals surface area contributed by atoms with Crippen molar-refractivity contribution in [2.24, 2.45) is 0 Å². The summed E-state index contributed by atoms with van der Waals surface area (Å²) in [6, 6.07) is 6.11. The van der Waals surface area contributed by atoms with Crippen LogP contribution >= 0.6 is 0 Å². The van der Waals surface area contributed by atoms with Gasteiger partial charge in [-0.15, -0.1) is 0 Å². The number of hydrogen-bond acceptors (Lipinski definition) is 2. The third kappa shape index (κ3) is 2.44. The first-order valence-electron chi connectivity index (χ1n) is 6.38. The van der Waals surface area contributed by atoms with Crippen LogP contribution in [0.1, 0.15) is 25.8 Å². The van der Waals surface area contributed by atoms with Gasteiger partial charge < -0.3 is 10.2 Å². The van der Waals surface area contributed by atoms with Crippen molar-refractivity contribution in [1.82, 2.24) is 5.32 Å². The van der Waals surface area contributed by atoms with Gasteiger partial charge in [-0.05, 0) is 31.9 Å². The maximum absolute atomic E-state index is 14.0. The van der Waals surface area contributed by atoms with E-state index in [0.29, 0.717) is 12.1 Å². The van der Waals surface area contributed by atoms with Crippen LogP contribution in [-0.4, -0.2) is 25.2 Å². The van der Waals surface area contributed by atoms with E-state index in [2.05, 4.69) is 24.1 Å². The highest BCUT2D eigenvalue weighted by atomic mass is 19.1. The molecule has 0 aromatic heterocycles. The van der Waals surface area contributed by atoms with Crippen LogP contribution in [0.2, 0.25) is 0 Å². The Kier molecular flexibility index (Phi) is 3.67. The van der Waals surface area contributed by atoms with Crippen molar-refractivity contribution in [2.75, 3.05) is 18.0 Å². The maximum atomic E-state index is 14.0. The average molecular weight is 236 g/mol. The predicted octanol–water partition coefficient (Wildman–Crippen LogP) is 2.71. The molecule has 0 radical (unpaired) electrons. The monoisotopic (exact) mass is 236 g/mol. The molecule has 0 bridgehead atoms. The van der Waals surface area contributed by atoms with Crippen molar-refractivity contribution in [3.05, 3.63) is 29.6 Å². The molecule has 2 atom stereocenters. The number of nitrogens with zero attached hydrogens (tertiary/aromatic N) is 1. The molecular weight excluding hydrogens is 215 g/mol. The molecule has 0 saturated carbocycles. The topological polar surface area (TPSA) is 15.3 Å². The summed E-state index contributed by atoms with van der Waals surface area (Å²) in [4.78, 5) is 2.20. The highest BCUT2D eigenvalue weighted by Gasteiger charge is 2.26. The van der Waals surface area contributed by atoms with Gasteiger partial charge in [0, 0.05) is 25.2 Å². The highest BCUT2D eigenvalue weighted by molar-refractivity contribution is 5.55. The molecule has 2 unspecified atom stereocenters. The molecule has 0 amide bonds. The van der Waals surface area contributed by atoms with Crippen molar-refractivity contribution < 1.29 is 4.39 Å². The van der Waals surface area contributed by atoms with Crippen LogP contribution in [-0.2, 0) is 0 Å². The van der Waals surface area contributed by atoms with E-state index in [1.54, 1.807) is 12.1 Å². The van der Waals surface area contributed by atoms with E-state index in [1.165, 1.54) is 0 Å². The Bertz CT molecular complexity index is 372. The molecule has 1 fully saturated rings. The second-order valence-electron chi connectivity index (χ2n) is 4.92. The lowest BCUT2D eigenvalue weighted by Gasteiger charge is -2.41. The predicted molar refractivity (Wildman–Crippen MR) is 70.0 cm³/mol. The smallest absolute Gasteiger partial charge is 0.146 e. The van der Waals surface area contributed by atoms with E-state index < -0.39 is 0 Å². The van der Waals surface area contributed by atoms with Gasteiger partial charge in [0.1, 0.15) is 5.82 Å². The lowest BCUT2D eigenvalue weighted by atomic mass is 10.0. The van der Waals surface area contributed by atoms with Gasteiger partial charge in [-0.3, -0.25) is 0 Å². The van der Waals surface area contributed by atoms with Gasteiger partial charge in [-0.1, -0.05) is 19.1 Å². The van der Waals surface area contributed by atoms with Crippen LogP contribution in [0.15, 0.2) is 18.2 Å². The summed E-state index contributed by atoms with van der Waals surface area (Å²) >= 11 is 0. The van der Waals surface area contributed by atoms with E-state index in [4.69, 9.17) is 0 Å². The van der Waals surface area contributed by atoms with Gasteiger partial charge in [0.15, 0.2) is 0 Å². The Morgan fingerprint density at radius 2 is 2.24 bits per heavy atom. The highest BCUT2D eigenvalue weighted by Crippen LogP contribution is 2.27. The minimum atomic E-state index is -0.103. The molecular formula is C14H21FN2. The van der Waals surface area contributed by atoms with Gasteiger partial charge in [0.25, 0.3) is 0 Å². The number of hydrogen-bond donors (Lipinski definition) is 1. The largest absolute Gasteiger partial charge is 0.363 e. The Morgan fingerprint density at radius 1 is 1.47 bits per heavy atom. The molecule has 0 spiro atoms. The second-order valence-corrected chi connectivity index (χ2v) is 4.92. The van der Waals surface area contributed by atoms with E-state index in [9.17, 15) is 4.39 Å². The SMILES string of the molecule is CCC1CN(c2c(C)cccc2F)C(C)CN1.